The summed E-state index contributed by atoms with van der Waals surface area (Å²) in [5.74, 6) is 0.391. The molecule has 0 aliphatic carbocycles. The normalized spacial score (nSPS) is 11.0. The number of methoxy groups -OCH3 is 1. The zero-order valence-corrected chi connectivity index (χ0v) is 9.20. The maximum Gasteiger partial charge on any atom is 0.191 e. The minimum absolute atomic E-state index is 0.0683. The predicted molar refractivity (Wildman–Crippen MR) is 59.7 cm³/mol. The van der Waals surface area contributed by atoms with Crippen LogP contribution in [0.2, 0.25) is 0 Å². The van der Waals surface area contributed by atoms with Crippen LogP contribution in [0.5, 0.6) is 0 Å². The van der Waals surface area contributed by atoms with Crippen molar-refractivity contribution in [1.82, 2.24) is 5.32 Å². The van der Waals surface area contributed by atoms with Crippen molar-refractivity contribution in [1.29, 1.82) is 0 Å². The summed E-state index contributed by atoms with van der Waals surface area (Å²) in [5.41, 5.74) is 1.79. The van der Waals surface area contributed by atoms with Crippen molar-refractivity contribution in [3.63, 3.8) is 0 Å². The van der Waals surface area contributed by atoms with Crippen molar-refractivity contribution in [3.05, 3.63) is 47.4 Å². The first-order chi connectivity index (χ1) is 7.17. The van der Waals surface area contributed by atoms with Crippen LogP contribution in [0.1, 0.15) is 15.9 Å². The number of ketones is 1. The number of nitrogens with one attached hydrogen (secondary N) is 1. The molecule has 15 heavy (non-hydrogen) atoms. The van der Waals surface area contributed by atoms with Crippen LogP contribution in [0, 0.1) is 6.92 Å². The van der Waals surface area contributed by atoms with Crippen LogP contribution >= 0.6 is 0 Å². The SMILES string of the molecule is CN/C(=C/C(=O)c1ccc(C)cc1)OC. The predicted octanol–water partition coefficient (Wildman–Crippen LogP) is 1.88. The van der Waals surface area contributed by atoms with E-state index in [1.54, 1.807) is 19.2 Å². The fourth-order valence-electron chi connectivity index (χ4n) is 1.15. The van der Waals surface area contributed by atoms with Crippen LogP contribution in [0.3, 0.4) is 0 Å². The highest BCUT2D eigenvalue weighted by atomic mass is 16.5. The molecule has 0 aliphatic heterocycles. The molecule has 0 heterocycles. The standard InChI is InChI=1S/C12H15NO2/c1-9-4-6-10(7-5-9)11(14)8-12(13-2)15-3/h4-8,13H,1-3H3/b12-8-. The number of allylic oxidation sites excluding steroid dienone is 1. The lowest BCUT2D eigenvalue weighted by Gasteiger charge is -2.03. The zero-order chi connectivity index (χ0) is 11.3. The fraction of sp³-hybridized carbons (Fsp3) is 0.250. The monoisotopic (exact) mass is 205 g/mol. The van der Waals surface area contributed by atoms with Crippen LogP contribution in [0.15, 0.2) is 36.2 Å². The van der Waals surface area contributed by atoms with E-state index in [2.05, 4.69) is 5.32 Å². The van der Waals surface area contributed by atoms with Gasteiger partial charge in [0.15, 0.2) is 11.7 Å². The number of carbonyl (C=O) groups is 1. The molecule has 0 spiro atoms. The Morgan fingerprint density at radius 2 is 1.93 bits per heavy atom. The van der Waals surface area contributed by atoms with E-state index in [1.165, 1.54) is 13.2 Å². The van der Waals surface area contributed by atoms with Gasteiger partial charge in [-0.25, -0.2) is 0 Å². The summed E-state index contributed by atoms with van der Waals surface area (Å²) < 4.78 is 4.94. The molecular weight excluding hydrogens is 190 g/mol. The number of carbonyl (C=O) groups excluding carboxylic acids is 1. The third-order valence-corrected chi connectivity index (χ3v) is 2.06. The molecule has 1 rings (SSSR count). The van der Waals surface area contributed by atoms with Crippen LogP contribution in [0.25, 0.3) is 0 Å². The van der Waals surface area contributed by atoms with E-state index in [9.17, 15) is 4.79 Å². The molecule has 0 saturated heterocycles. The highest BCUT2D eigenvalue weighted by Gasteiger charge is 2.03. The van der Waals surface area contributed by atoms with Gasteiger partial charge < -0.3 is 10.1 Å². The average Bonchev–Trinajstić information content (AvgIpc) is 2.26. The molecule has 0 bridgehead atoms. The Hall–Kier alpha value is -1.77. The maximum atomic E-state index is 11.7. The molecule has 3 nitrogen and oxygen atoms in total. The molecular formula is C12H15NO2. The van der Waals surface area contributed by atoms with E-state index in [1.807, 2.05) is 19.1 Å². The Morgan fingerprint density at radius 3 is 2.40 bits per heavy atom. The minimum Gasteiger partial charge on any atom is -0.482 e. The van der Waals surface area contributed by atoms with Crippen molar-refractivity contribution >= 4 is 5.78 Å². The highest BCUT2D eigenvalue weighted by Crippen LogP contribution is 2.05. The van der Waals surface area contributed by atoms with Gasteiger partial charge in [0.1, 0.15) is 0 Å². The smallest absolute Gasteiger partial charge is 0.191 e. The minimum atomic E-state index is -0.0683. The van der Waals surface area contributed by atoms with Gasteiger partial charge in [-0.15, -0.1) is 0 Å². The molecule has 80 valence electrons. The lowest BCUT2D eigenvalue weighted by Crippen LogP contribution is -2.10. The topological polar surface area (TPSA) is 38.3 Å². The number of ether oxygens (including phenoxy) is 1. The van der Waals surface area contributed by atoms with Crippen LogP contribution < -0.4 is 5.32 Å². The Morgan fingerprint density at radius 1 is 1.33 bits per heavy atom. The number of aryl methyl sites for hydroxylation is 1. The van der Waals surface area contributed by atoms with Crippen LogP contribution in [-0.4, -0.2) is 19.9 Å². The molecule has 1 aromatic rings. The Balaban J connectivity index is 2.85. The third-order valence-electron chi connectivity index (χ3n) is 2.06. The Kier molecular flexibility index (Phi) is 3.92. The number of benzene rings is 1. The fourth-order valence-corrected chi connectivity index (χ4v) is 1.15. The molecule has 0 aromatic heterocycles. The van der Waals surface area contributed by atoms with E-state index in [0.29, 0.717) is 11.4 Å². The van der Waals surface area contributed by atoms with Gasteiger partial charge in [0, 0.05) is 18.7 Å². The highest BCUT2D eigenvalue weighted by molar-refractivity contribution is 6.04. The molecule has 1 N–H and O–H groups in total. The van der Waals surface area contributed by atoms with Gasteiger partial charge in [0.2, 0.25) is 0 Å². The van der Waals surface area contributed by atoms with Crippen molar-refractivity contribution in [2.45, 2.75) is 6.92 Å². The van der Waals surface area contributed by atoms with Gasteiger partial charge >= 0.3 is 0 Å². The number of hydrogen-bond donors (Lipinski definition) is 1. The van der Waals surface area contributed by atoms with Gasteiger partial charge in [-0.05, 0) is 6.92 Å². The second-order valence-corrected chi connectivity index (χ2v) is 3.19. The summed E-state index contributed by atoms with van der Waals surface area (Å²) in [5, 5.41) is 2.78. The number of rotatable bonds is 4. The summed E-state index contributed by atoms with van der Waals surface area (Å²) >= 11 is 0. The molecule has 0 fully saturated rings. The molecule has 1 aromatic carbocycles. The van der Waals surface area contributed by atoms with E-state index in [-0.39, 0.29) is 5.78 Å². The molecule has 0 amide bonds. The van der Waals surface area contributed by atoms with Crippen molar-refractivity contribution < 1.29 is 9.53 Å². The average molecular weight is 205 g/mol. The first-order valence-electron chi connectivity index (χ1n) is 4.72. The third kappa shape index (κ3) is 3.13. The van der Waals surface area contributed by atoms with Crippen LogP contribution in [0.4, 0.5) is 0 Å². The summed E-state index contributed by atoms with van der Waals surface area (Å²) in [6.45, 7) is 1.98. The van der Waals surface area contributed by atoms with E-state index < -0.39 is 0 Å². The molecule has 0 atom stereocenters. The Bertz CT molecular complexity index is 360. The van der Waals surface area contributed by atoms with E-state index in [4.69, 9.17) is 4.74 Å². The van der Waals surface area contributed by atoms with Crippen molar-refractivity contribution in [3.8, 4) is 0 Å². The summed E-state index contributed by atoms with van der Waals surface area (Å²) in [7, 11) is 3.22. The second kappa shape index (κ2) is 5.20. The summed E-state index contributed by atoms with van der Waals surface area (Å²) in [6, 6.07) is 7.42. The molecule has 0 aliphatic rings. The largest absolute Gasteiger partial charge is 0.482 e. The summed E-state index contributed by atoms with van der Waals surface area (Å²) in [4.78, 5) is 11.7. The molecule has 0 unspecified atom stereocenters. The van der Waals surface area contributed by atoms with Gasteiger partial charge in [-0.3, -0.25) is 4.79 Å². The number of hydrogen-bond acceptors (Lipinski definition) is 3. The molecule has 0 saturated carbocycles. The first kappa shape index (κ1) is 11.3. The van der Waals surface area contributed by atoms with Crippen LogP contribution in [-0.2, 0) is 4.74 Å². The lowest BCUT2D eigenvalue weighted by atomic mass is 10.1. The van der Waals surface area contributed by atoms with Gasteiger partial charge in [-0.2, -0.15) is 0 Å². The van der Waals surface area contributed by atoms with Crippen molar-refractivity contribution in [2.24, 2.45) is 0 Å². The van der Waals surface area contributed by atoms with Gasteiger partial charge in [0.25, 0.3) is 0 Å². The summed E-state index contributed by atoms with van der Waals surface area (Å²) in [6.07, 6.45) is 1.44. The first-order valence-corrected chi connectivity index (χ1v) is 4.72. The van der Waals surface area contributed by atoms with Crippen molar-refractivity contribution in [2.75, 3.05) is 14.2 Å². The van der Waals surface area contributed by atoms with Gasteiger partial charge in [0.05, 0.1) is 7.11 Å². The second-order valence-electron chi connectivity index (χ2n) is 3.19. The van der Waals surface area contributed by atoms with E-state index in [0.717, 1.165) is 5.56 Å². The molecule has 0 radical (unpaired) electrons. The Labute approximate surface area is 89.8 Å². The maximum absolute atomic E-state index is 11.7. The van der Waals surface area contributed by atoms with E-state index >= 15 is 0 Å². The zero-order valence-electron chi connectivity index (χ0n) is 9.20. The quantitative estimate of drug-likeness (QED) is 0.463. The lowest BCUT2D eigenvalue weighted by molar-refractivity contribution is 0.104. The van der Waals surface area contributed by atoms with Gasteiger partial charge in [-0.1, -0.05) is 29.8 Å². The molecule has 3 heteroatoms.